The molecular weight excluding hydrogens is 300 g/mol. The summed E-state index contributed by atoms with van der Waals surface area (Å²) in [4.78, 5) is 4.28. The van der Waals surface area contributed by atoms with Gasteiger partial charge in [-0.25, -0.2) is 9.67 Å². The van der Waals surface area contributed by atoms with Crippen molar-refractivity contribution in [3.8, 4) is 5.69 Å². The Bertz CT molecular complexity index is 758. The average Bonchev–Trinajstić information content (AvgIpc) is 3.04. The minimum absolute atomic E-state index is 0.0211. The van der Waals surface area contributed by atoms with Crippen LogP contribution in [0.2, 0.25) is 5.02 Å². The van der Waals surface area contributed by atoms with Crippen molar-refractivity contribution >= 4 is 17.3 Å². The van der Waals surface area contributed by atoms with Gasteiger partial charge in [-0.1, -0.05) is 35.9 Å². The van der Waals surface area contributed by atoms with Gasteiger partial charge in [0.15, 0.2) is 5.82 Å². The highest BCUT2D eigenvalue weighted by molar-refractivity contribution is 6.33. The Morgan fingerprint density at radius 2 is 1.95 bits per heavy atom. The smallest absolute Gasteiger partial charge is 0.170 e. The molecule has 1 aromatic heterocycles. The Balaban J connectivity index is 1.71. The van der Waals surface area contributed by atoms with Crippen LogP contribution in [0.15, 0.2) is 54.9 Å². The molecule has 0 saturated heterocycles. The van der Waals surface area contributed by atoms with E-state index in [1.54, 1.807) is 23.1 Å². The number of hydrogen-bond acceptors (Lipinski definition) is 4. The van der Waals surface area contributed by atoms with Gasteiger partial charge in [0.2, 0.25) is 0 Å². The van der Waals surface area contributed by atoms with Crippen LogP contribution in [0.1, 0.15) is 11.4 Å². The van der Waals surface area contributed by atoms with Gasteiger partial charge in [-0.2, -0.15) is 0 Å². The number of aliphatic hydroxyl groups excluding tert-OH is 1. The maximum Gasteiger partial charge on any atom is 0.170 e. The summed E-state index contributed by atoms with van der Waals surface area (Å²) in [6.45, 7) is 0.432. The molecule has 0 aliphatic rings. The zero-order chi connectivity index (χ0) is 15.4. The van der Waals surface area contributed by atoms with Crippen LogP contribution in [-0.4, -0.2) is 19.9 Å². The van der Waals surface area contributed by atoms with Crippen molar-refractivity contribution in [3.05, 3.63) is 71.3 Å². The Hall–Kier alpha value is -2.37. The van der Waals surface area contributed by atoms with E-state index in [0.717, 1.165) is 16.9 Å². The number of para-hydroxylation sites is 1. The highest BCUT2D eigenvalue weighted by atomic mass is 35.5. The van der Waals surface area contributed by atoms with Gasteiger partial charge in [-0.15, -0.1) is 5.10 Å². The van der Waals surface area contributed by atoms with Crippen molar-refractivity contribution in [2.24, 2.45) is 0 Å². The first kappa shape index (κ1) is 14.6. The van der Waals surface area contributed by atoms with Crippen molar-refractivity contribution in [1.82, 2.24) is 14.8 Å². The summed E-state index contributed by atoms with van der Waals surface area (Å²) in [5.41, 5.74) is 2.51. The van der Waals surface area contributed by atoms with E-state index in [1.807, 2.05) is 36.4 Å². The van der Waals surface area contributed by atoms with Gasteiger partial charge in [0.05, 0.1) is 29.5 Å². The number of aromatic nitrogens is 3. The van der Waals surface area contributed by atoms with E-state index in [1.165, 1.54) is 0 Å². The number of nitrogens with zero attached hydrogens (tertiary/aromatic N) is 3. The van der Waals surface area contributed by atoms with Crippen molar-refractivity contribution in [3.63, 3.8) is 0 Å². The van der Waals surface area contributed by atoms with E-state index in [4.69, 9.17) is 16.7 Å². The molecule has 22 heavy (non-hydrogen) atoms. The standard InChI is InChI=1S/C16H15ClN4O/c17-14-7-6-12(10-22)8-15(14)18-9-16-19-11-21(20-16)13-4-2-1-3-5-13/h1-8,11,18,22H,9-10H2. The van der Waals surface area contributed by atoms with Crippen molar-refractivity contribution in [2.45, 2.75) is 13.2 Å². The molecule has 3 rings (SSSR count). The Kier molecular flexibility index (Phi) is 4.37. The molecule has 0 aliphatic carbocycles. The van der Waals surface area contributed by atoms with E-state index >= 15 is 0 Å². The lowest BCUT2D eigenvalue weighted by Crippen LogP contribution is -2.03. The quantitative estimate of drug-likeness (QED) is 0.760. The topological polar surface area (TPSA) is 63.0 Å². The molecule has 2 N–H and O–H groups in total. The van der Waals surface area contributed by atoms with Crippen LogP contribution in [0.3, 0.4) is 0 Å². The van der Waals surface area contributed by atoms with Crippen molar-refractivity contribution in [1.29, 1.82) is 0 Å². The maximum absolute atomic E-state index is 9.17. The number of hydrogen-bond donors (Lipinski definition) is 2. The second-order valence-corrected chi connectivity index (χ2v) is 5.17. The second-order valence-electron chi connectivity index (χ2n) is 4.77. The van der Waals surface area contributed by atoms with Gasteiger partial charge in [0.25, 0.3) is 0 Å². The molecule has 2 aromatic carbocycles. The molecule has 0 fully saturated rings. The van der Waals surface area contributed by atoms with Crippen LogP contribution in [0, 0.1) is 0 Å². The minimum Gasteiger partial charge on any atom is -0.392 e. The predicted octanol–water partition coefficient (Wildman–Crippen LogP) is 3.03. The van der Waals surface area contributed by atoms with Gasteiger partial charge in [-0.3, -0.25) is 0 Å². The molecule has 112 valence electrons. The molecule has 0 radical (unpaired) electrons. The third-order valence-corrected chi connectivity index (χ3v) is 3.54. The summed E-state index contributed by atoms with van der Waals surface area (Å²) in [6, 6.07) is 15.2. The zero-order valence-electron chi connectivity index (χ0n) is 11.8. The van der Waals surface area contributed by atoms with Crippen molar-refractivity contribution in [2.75, 3.05) is 5.32 Å². The second kappa shape index (κ2) is 6.60. The summed E-state index contributed by atoms with van der Waals surface area (Å²) >= 11 is 6.13. The van der Waals surface area contributed by atoms with E-state index < -0.39 is 0 Å². The van der Waals surface area contributed by atoms with E-state index in [-0.39, 0.29) is 6.61 Å². The third-order valence-electron chi connectivity index (χ3n) is 3.21. The molecule has 0 saturated carbocycles. The molecule has 0 unspecified atom stereocenters. The molecule has 6 heteroatoms. The van der Waals surface area contributed by atoms with E-state index in [9.17, 15) is 0 Å². The summed E-state index contributed by atoms with van der Waals surface area (Å²) in [5.74, 6) is 0.661. The summed E-state index contributed by atoms with van der Waals surface area (Å²) in [7, 11) is 0. The molecule has 3 aromatic rings. The average molecular weight is 315 g/mol. The molecular formula is C16H15ClN4O. The van der Waals surface area contributed by atoms with E-state index in [0.29, 0.717) is 17.4 Å². The number of rotatable bonds is 5. The lowest BCUT2D eigenvalue weighted by Gasteiger charge is -2.08. The fraction of sp³-hybridized carbons (Fsp3) is 0.125. The number of anilines is 1. The lowest BCUT2D eigenvalue weighted by molar-refractivity contribution is 0.282. The first-order chi connectivity index (χ1) is 10.8. The third kappa shape index (κ3) is 3.27. The molecule has 5 nitrogen and oxygen atoms in total. The van der Waals surface area contributed by atoms with Crippen LogP contribution in [-0.2, 0) is 13.2 Å². The number of nitrogens with one attached hydrogen (secondary N) is 1. The van der Waals surface area contributed by atoms with Gasteiger partial charge < -0.3 is 10.4 Å². The van der Waals surface area contributed by atoms with Crippen LogP contribution in [0.5, 0.6) is 0 Å². The summed E-state index contributed by atoms with van der Waals surface area (Å²) in [6.07, 6.45) is 1.68. The fourth-order valence-corrected chi connectivity index (χ4v) is 2.25. The SMILES string of the molecule is OCc1ccc(Cl)c(NCc2ncn(-c3ccccc3)n2)c1. The normalized spacial score (nSPS) is 10.6. The molecule has 0 spiro atoms. The van der Waals surface area contributed by atoms with Crippen LogP contribution >= 0.6 is 11.6 Å². The highest BCUT2D eigenvalue weighted by Gasteiger charge is 2.05. The summed E-state index contributed by atoms with van der Waals surface area (Å²) in [5, 5.41) is 17.4. The van der Waals surface area contributed by atoms with Crippen LogP contribution < -0.4 is 5.32 Å². The Morgan fingerprint density at radius 3 is 2.73 bits per heavy atom. The number of halogens is 1. The fourth-order valence-electron chi connectivity index (χ4n) is 2.06. The largest absolute Gasteiger partial charge is 0.392 e. The Labute approximate surface area is 133 Å². The van der Waals surface area contributed by atoms with Gasteiger partial charge in [0.1, 0.15) is 6.33 Å². The van der Waals surface area contributed by atoms with Crippen LogP contribution in [0.4, 0.5) is 5.69 Å². The lowest BCUT2D eigenvalue weighted by atomic mass is 10.2. The maximum atomic E-state index is 9.17. The number of benzene rings is 2. The van der Waals surface area contributed by atoms with E-state index in [2.05, 4.69) is 15.4 Å². The molecule has 0 bridgehead atoms. The molecule has 0 aliphatic heterocycles. The molecule has 0 amide bonds. The monoisotopic (exact) mass is 314 g/mol. The molecule has 1 heterocycles. The number of aliphatic hydroxyl groups is 1. The van der Waals surface area contributed by atoms with Gasteiger partial charge in [-0.05, 0) is 29.8 Å². The van der Waals surface area contributed by atoms with Crippen LogP contribution in [0.25, 0.3) is 5.69 Å². The first-order valence-electron chi connectivity index (χ1n) is 6.85. The summed E-state index contributed by atoms with van der Waals surface area (Å²) < 4.78 is 1.72. The minimum atomic E-state index is -0.0211. The van der Waals surface area contributed by atoms with Gasteiger partial charge in [0, 0.05) is 0 Å². The Morgan fingerprint density at radius 1 is 1.14 bits per heavy atom. The predicted molar refractivity (Wildman–Crippen MR) is 86.1 cm³/mol. The van der Waals surface area contributed by atoms with Gasteiger partial charge >= 0.3 is 0 Å². The zero-order valence-corrected chi connectivity index (χ0v) is 12.5. The highest BCUT2D eigenvalue weighted by Crippen LogP contribution is 2.23. The molecule has 0 atom stereocenters. The first-order valence-corrected chi connectivity index (χ1v) is 7.23. The van der Waals surface area contributed by atoms with Crippen molar-refractivity contribution < 1.29 is 5.11 Å².